The van der Waals surface area contributed by atoms with Crippen LogP contribution in [0.1, 0.15) is 30.7 Å². The standard InChI is InChI=1S/C24H22F3N3O2S/c1-32-18-10-7-16(8-11-18)21-14-33-22(28-21)30-23(31,24(25,26)27)19-13-17(9-12-20(19)29-30)15-5-3-2-4-6-15/h2-8,10-11,14,17,19,31H,9,12-13H2,1H3/t17-,19-,23-/m1/s1. The Morgan fingerprint density at radius 3 is 2.52 bits per heavy atom. The van der Waals surface area contributed by atoms with E-state index >= 15 is 0 Å². The Labute approximate surface area is 193 Å². The number of anilines is 1. The average Bonchev–Trinajstić information content (AvgIpc) is 3.43. The molecule has 0 radical (unpaired) electrons. The van der Waals surface area contributed by atoms with Gasteiger partial charge in [0.15, 0.2) is 0 Å². The number of aliphatic hydroxyl groups is 1. The number of rotatable bonds is 4. The van der Waals surface area contributed by atoms with Crippen LogP contribution in [0.2, 0.25) is 0 Å². The second-order valence-corrected chi connectivity index (χ2v) is 9.14. The van der Waals surface area contributed by atoms with E-state index in [1.54, 1.807) is 36.8 Å². The first-order valence-corrected chi connectivity index (χ1v) is 11.5. The molecule has 33 heavy (non-hydrogen) atoms. The molecule has 1 aliphatic heterocycles. The molecule has 5 rings (SSSR count). The number of nitrogens with zero attached hydrogens (tertiary/aromatic N) is 3. The first-order valence-electron chi connectivity index (χ1n) is 10.6. The number of hydrogen-bond acceptors (Lipinski definition) is 6. The van der Waals surface area contributed by atoms with Crippen LogP contribution in [0.3, 0.4) is 0 Å². The second-order valence-electron chi connectivity index (χ2n) is 8.31. The highest BCUT2D eigenvalue weighted by molar-refractivity contribution is 7.14. The number of methoxy groups -OCH3 is 1. The number of halogens is 3. The van der Waals surface area contributed by atoms with Gasteiger partial charge in [-0.2, -0.15) is 23.3 Å². The highest BCUT2D eigenvalue weighted by Crippen LogP contribution is 2.52. The van der Waals surface area contributed by atoms with E-state index in [9.17, 15) is 18.3 Å². The molecule has 2 heterocycles. The van der Waals surface area contributed by atoms with Gasteiger partial charge in [0, 0.05) is 16.7 Å². The van der Waals surface area contributed by atoms with E-state index in [0.717, 1.165) is 22.5 Å². The van der Waals surface area contributed by atoms with E-state index in [1.807, 2.05) is 30.3 Å². The van der Waals surface area contributed by atoms with Crippen molar-refractivity contribution in [3.63, 3.8) is 0 Å². The Morgan fingerprint density at radius 2 is 1.85 bits per heavy atom. The molecule has 172 valence electrons. The molecular formula is C24H22F3N3O2S. The number of fused-ring (bicyclic) bond motifs is 1. The third-order valence-electron chi connectivity index (χ3n) is 6.46. The van der Waals surface area contributed by atoms with E-state index in [4.69, 9.17) is 4.74 Å². The van der Waals surface area contributed by atoms with Gasteiger partial charge in [-0.3, -0.25) is 0 Å². The molecule has 1 saturated carbocycles. The lowest BCUT2D eigenvalue weighted by Crippen LogP contribution is -2.60. The molecule has 0 spiro atoms. The van der Waals surface area contributed by atoms with Crippen LogP contribution in [-0.2, 0) is 0 Å². The molecule has 2 aromatic carbocycles. The quantitative estimate of drug-likeness (QED) is 0.518. The summed E-state index contributed by atoms with van der Waals surface area (Å²) in [6, 6.07) is 16.6. The van der Waals surface area contributed by atoms with Crippen LogP contribution in [0.5, 0.6) is 5.75 Å². The van der Waals surface area contributed by atoms with Gasteiger partial charge in [-0.1, -0.05) is 30.3 Å². The molecule has 3 atom stereocenters. The van der Waals surface area contributed by atoms with Gasteiger partial charge in [0.05, 0.1) is 18.7 Å². The average molecular weight is 474 g/mol. The van der Waals surface area contributed by atoms with Gasteiger partial charge in [-0.05, 0) is 55.0 Å². The van der Waals surface area contributed by atoms with Gasteiger partial charge in [-0.25, -0.2) is 4.98 Å². The summed E-state index contributed by atoms with van der Waals surface area (Å²) in [6.45, 7) is 0. The van der Waals surface area contributed by atoms with E-state index in [-0.39, 0.29) is 17.5 Å². The molecule has 0 unspecified atom stereocenters. The maximum Gasteiger partial charge on any atom is 0.439 e. The lowest BCUT2D eigenvalue weighted by atomic mass is 9.73. The van der Waals surface area contributed by atoms with Crippen LogP contribution in [0.15, 0.2) is 65.1 Å². The molecule has 0 bridgehead atoms. The fourth-order valence-corrected chi connectivity index (χ4v) is 5.53. The molecule has 2 aliphatic rings. The smallest absolute Gasteiger partial charge is 0.439 e. The molecule has 5 nitrogen and oxygen atoms in total. The van der Waals surface area contributed by atoms with Gasteiger partial charge < -0.3 is 9.84 Å². The molecule has 9 heteroatoms. The maximum atomic E-state index is 14.4. The van der Waals surface area contributed by atoms with Crippen molar-refractivity contribution >= 4 is 22.2 Å². The van der Waals surface area contributed by atoms with Crippen molar-refractivity contribution in [3.05, 3.63) is 65.5 Å². The minimum Gasteiger partial charge on any atom is -0.497 e. The number of alkyl halides is 3. The number of benzene rings is 2. The highest BCUT2D eigenvalue weighted by Gasteiger charge is 2.68. The van der Waals surface area contributed by atoms with Gasteiger partial charge >= 0.3 is 6.18 Å². The van der Waals surface area contributed by atoms with Crippen LogP contribution in [0, 0.1) is 5.92 Å². The van der Waals surface area contributed by atoms with Crippen LogP contribution in [-0.4, -0.2) is 34.8 Å². The van der Waals surface area contributed by atoms with Crippen molar-refractivity contribution in [2.45, 2.75) is 37.1 Å². The Balaban J connectivity index is 1.48. The van der Waals surface area contributed by atoms with Crippen molar-refractivity contribution in [2.24, 2.45) is 11.0 Å². The third-order valence-corrected chi connectivity index (χ3v) is 7.27. The van der Waals surface area contributed by atoms with Gasteiger partial charge in [0.2, 0.25) is 5.13 Å². The lowest BCUT2D eigenvalue weighted by molar-refractivity contribution is -0.269. The largest absolute Gasteiger partial charge is 0.497 e. The molecule has 1 aliphatic carbocycles. The van der Waals surface area contributed by atoms with Crippen molar-refractivity contribution < 1.29 is 23.0 Å². The highest BCUT2D eigenvalue weighted by atomic mass is 32.1. The summed E-state index contributed by atoms with van der Waals surface area (Å²) in [6.07, 6.45) is -3.65. The molecular weight excluding hydrogens is 451 g/mol. The first-order chi connectivity index (χ1) is 15.8. The predicted molar refractivity (Wildman–Crippen MR) is 122 cm³/mol. The predicted octanol–water partition coefficient (Wildman–Crippen LogP) is 5.83. The summed E-state index contributed by atoms with van der Waals surface area (Å²) < 4.78 is 48.3. The van der Waals surface area contributed by atoms with Crippen LogP contribution >= 0.6 is 11.3 Å². The van der Waals surface area contributed by atoms with Gasteiger partial charge in [0.1, 0.15) is 5.75 Å². The third kappa shape index (κ3) is 3.69. The molecule has 3 aromatic rings. The van der Waals surface area contributed by atoms with Crippen molar-refractivity contribution in [1.29, 1.82) is 0 Å². The van der Waals surface area contributed by atoms with Crippen molar-refractivity contribution in [3.8, 4) is 17.0 Å². The molecule has 0 saturated heterocycles. The number of thiazole rings is 1. The zero-order valence-electron chi connectivity index (χ0n) is 17.8. The topological polar surface area (TPSA) is 58.0 Å². The molecule has 1 aromatic heterocycles. The number of aromatic nitrogens is 1. The Kier molecular flexibility index (Phi) is 5.41. The Bertz CT molecular complexity index is 1160. The summed E-state index contributed by atoms with van der Waals surface area (Å²) in [4.78, 5) is 4.40. The van der Waals surface area contributed by atoms with E-state index in [2.05, 4.69) is 10.1 Å². The van der Waals surface area contributed by atoms with Crippen LogP contribution in [0.25, 0.3) is 11.3 Å². The summed E-state index contributed by atoms with van der Waals surface area (Å²) in [7, 11) is 1.56. The van der Waals surface area contributed by atoms with Gasteiger partial charge in [-0.15, -0.1) is 11.3 Å². The fourth-order valence-electron chi connectivity index (χ4n) is 4.69. The Morgan fingerprint density at radius 1 is 1.12 bits per heavy atom. The number of hydrazone groups is 1. The summed E-state index contributed by atoms with van der Waals surface area (Å²) in [5, 5.41) is 17.8. The minimum absolute atomic E-state index is 0.0128. The lowest BCUT2D eigenvalue weighted by Gasteiger charge is -2.39. The summed E-state index contributed by atoms with van der Waals surface area (Å²) >= 11 is 1.03. The summed E-state index contributed by atoms with van der Waals surface area (Å²) in [5.41, 5.74) is -0.523. The zero-order chi connectivity index (χ0) is 23.2. The van der Waals surface area contributed by atoms with Crippen molar-refractivity contribution in [1.82, 2.24) is 4.98 Å². The maximum absolute atomic E-state index is 14.4. The molecule has 1 fully saturated rings. The fraction of sp³-hybridized carbons (Fsp3) is 0.333. The van der Waals surface area contributed by atoms with Gasteiger partial charge in [0.25, 0.3) is 5.72 Å². The van der Waals surface area contributed by atoms with Crippen LogP contribution < -0.4 is 9.75 Å². The molecule has 0 amide bonds. The normalized spacial score (nSPS) is 25.0. The number of hydrogen-bond donors (Lipinski definition) is 1. The number of ether oxygens (including phenoxy) is 1. The van der Waals surface area contributed by atoms with E-state index in [0.29, 0.717) is 35.0 Å². The van der Waals surface area contributed by atoms with E-state index < -0.39 is 17.8 Å². The van der Waals surface area contributed by atoms with E-state index in [1.165, 1.54) is 0 Å². The minimum atomic E-state index is -4.91. The molecule has 1 N–H and O–H groups in total. The van der Waals surface area contributed by atoms with Crippen LogP contribution in [0.4, 0.5) is 18.3 Å². The SMILES string of the molecule is COc1ccc(-c2csc(N3N=C4CC[C@@H](c5ccccc5)C[C@H]4[C@@]3(O)C(F)(F)F)n2)cc1. The Hall–Kier alpha value is -2.91. The van der Waals surface area contributed by atoms with Crippen molar-refractivity contribution in [2.75, 3.05) is 12.1 Å². The zero-order valence-corrected chi connectivity index (χ0v) is 18.6. The first kappa shape index (κ1) is 21.9. The summed E-state index contributed by atoms with van der Waals surface area (Å²) in [5.74, 6) is -0.552. The second kappa shape index (κ2) is 8.14. The monoisotopic (exact) mass is 473 g/mol.